The highest BCUT2D eigenvalue weighted by Crippen LogP contribution is 2.35. The van der Waals surface area contributed by atoms with Gasteiger partial charge in [0.2, 0.25) is 0 Å². The van der Waals surface area contributed by atoms with Gasteiger partial charge >= 0.3 is 0 Å². The number of phenolic OH excluding ortho intramolecular Hbond substituents is 1. The average Bonchev–Trinajstić information content (AvgIpc) is 2.97. The molecule has 2 aromatic heterocycles. The standard InChI is InChI=1S/C15H9BrN2OS/c16-14-13(9-5-7-10(19)8-6-9)17-15-18(14)11-3-1-2-4-12(11)20-15/h1-8,19H. The normalized spacial score (nSPS) is 11.4. The lowest BCUT2D eigenvalue weighted by atomic mass is 10.2. The molecule has 4 aromatic rings. The Morgan fingerprint density at radius 2 is 1.80 bits per heavy atom. The number of benzene rings is 2. The second kappa shape index (κ2) is 4.33. The van der Waals surface area contributed by atoms with Crippen LogP contribution < -0.4 is 0 Å². The smallest absolute Gasteiger partial charge is 0.196 e. The third kappa shape index (κ3) is 1.67. The maximum atomic E-state index is 9.38. The Bertz CT molecular complexity index is 924. The summed E-state index contributed by atoms with van der Waals surface area (Å²) in [5, 5.41) is 9.38. The van der Waals surface area contributed by atoms with Crippen molar-refractivity contribution in [2.45, 2.75) is 0 Å². The second-order valence-electron chi connectivity index (χ2n) is 4.49. The first kappa shape index (κ1) is 11.9. The van der Waals surface area contributed by atoms with Crippen LogP contribution in [0.4, 0.5) is 0 Å². The lowest BCUT2D eigenvalue weighted by Gasteiger charge is -1.99. The molecule has 4 rings (SSSR count). The van der Waals surface area contributed by atoms with E-state index < -0.39 is 0 Å². The number of thiazole rings is 1. The molecule has 0 aliphatic heterocycles. The monoisotopic (exact) mass is 344 g/mol. The molecular formula is C15H9BrN2OS. The first-order valence-electron chi connectivity index (χ1n) is 6.09. The van der Waals surface area contributed by atoms with Gasteiger partial charge in [0.1, 0.15) is 16.0 Å². The Balaban J connectivity index is 2.02. The molecule has 0 saturated heterocycles. The van der Waals surface area contributed by atoms with Gasteiger partial charge in [-0.1, -0.05) is 23.5 Å². The first-order valence-corrected chi connectivity index (χ1v) is 7.70. The number of aromatic nitrogens is 2. The van der Waals surface area contributed by atoms with Gasteiger partial charge < -0.3 is 5.11 Å². The predicted molar refractivity (Wildman–Crippen MR) is 85.4 cm³/mol. The molecule has 0 aliphatic rings. The van der Waals surface area contributed by atoms with Gasteiger partial charge in [0, 0.05) is 5.56 Å². The third-order valence-corrected chi connectivity index (χ3v) is 4.99. The highest BCUT2D eigenvalue weighted by atomic mass is 79.9. The Hall–Kier alpha value is -1.85. The lowest BCUT2D eigenvalue weighted by molar-refractivity contribution is 0.475. The van der Waals surface area contributed by atoms with Gasteiger partial charge in [0.15, 0.2) is 4.96 Å². The van der Waals surface area contributed by atoms with E-state index in [1.165, 1.54) is 4.70 Å². The Morgan fingerprint density at radius 3 is 2.60 bits per heavy atom. The fourth-order valence-electron chi connectivity index (χ4n) is 2.29. The molecule has 0 aliphatic carbocycles. The zero-order chi connectivity index (χ0) is 13.7. The van der Waals surface area contributed by atoms with Crippen molar-refractivity contribution >= 4 is 42.4 Å². The maximum absolute atomic E-state index is 9.38. The van der Waals surface area contributed by atoms with Gasteiger partial charge in [0.05, 0.1) is 10.2 Å². The molecule has 0 bridgehead atoms. The predicted octanol–water partition coefficient (Wildman–Crippen LogP) is 4.68. The van der Waals surface area contributed by atoms with Crippen molar-refractivity contribution in [1.82, 2.24) is 9.38 Å². The summed E-state index contributed by atoms with van der Waals surface area (Å²) in [5.41, 5.74) is 3.02. The van der Waals surface area contributed by atoms with Crippen molar-refractivity contribution < 1.29 is 5.11 Å². The van der Waals surface area contributed by atoms with E-state index in [0.29, 0.717) is 0 Å². The van der Waals surface area contributed by atoms with Crippen molar-refractivity contribution in [2.75, 3.05) is 0 Å². The molecule has 5 heteroatoms. The van der Waals surface area contributed by atoms with Crippen LogP contribution >= 0.6 is 27.3 Å². The number of fused-ring (bicyclic) bond motifs is 3. The fourth-order valence-corrected chi connectivity index (χ4v) is 4.11. The summed E-state index contributed by atoms with van der Waals surface area (Å²) < 4.78 is 4.27. The summed E-state index contributed by atoms with van der Waals surface area (Å²) in [5.74, 6) is 0.261. The molecule has 0 amide bonds. The van der Waals surface area contributed by atoms with E-state index in [0.717, 1.165) is 26.3 Å². The summed E-state index contributed by atoms with van der Waals surface area (Å²) in [6.07, 6.45) is 0. The zero-order valence-electron chi connectivity index (χ0n) is 10.2. The van der Waals surface area contributed by atoms with Crippen molar-refractivity contribution in [3.63, 3.8) is 0 Å². The largest absolute Gasteiger partial charge is 0.508 e. The number of halogens is 1. The number of hydrogen-bond donors (Lipinski definition) is 1. The molecule has 0 radical (unpaired) electrons. The van der Waals surface area contributed by atoms with Crippen LogP contribution in [0.25, 0.3) is 26.4 Å². The van der Waals surface area contributed by atoms with Gasteiger partial charge in [-0.3, -0.25) is 4.40 Å². The molecule has 3 nitrogen and oxygen atoms in total. The number of aromatic hydroxyl groups is 1. The topological polar surface area (TPSA) is 37.5 Å². The van der Waals surface area contributed by atoms with Gasteiger partial charge in [-0.15, -0.1) is 0 Å². The highest BCUT2D eigenvalue weighted by molar-refractivity contribution is 9.10. The molecule has 0 unspecified atom stereocenters. The van der Waals surface area contributed by atoms with E-state index in [1.807, 2.05) is 24.3 Å². The van der Waals surface area contributed by atoms with Crippen molar-refractivity contribution in [2.24, 2.45) is 0 Å². The number of para-hydroxylation sites is 1. The zero-order valence-corrected chi connectivity index (χ0v) is 12.6. The van der Waals surface area contributed by atoms with Gasteiger partial charge in [-0.2, -0.15) is 0 Å². The van der Waals surface area contributed by atoms with Crippen LogP contribution in [0.1, 0.15) is 0 Å². The summed E-state index contributed by atoms with van der Waals surface area (Å²) >= 11 is 5.32. The van der Waals surface area contributed by atoms with Crippen molar-refractivity contribution in [3.8, 4) is 17.0 Å². The third-order valence-electron chi connectivity index (χ3n) is 3.24. The number of rotatable bonds is 1. The summed E-state index contributed by atoms with van der Waals surface area (Å²) in [7, 11) is 0. The fraction of sp³-hybridized carbons (Fsp3) is 0. The molecule has 1 N–H and O–H groups in total. The van der Waals surface area contributed by atoms with Crippen LogP contribution in [0.3, 0.4) is 0 Å². The number of phenols is 1. The number of hydrogen-bond acceptors (Lipinski definition) is 3. The summed E-state index contributed by atoms with van der Waals surface area (Å²) in [4.78, 5) is 5.66. The minimum Gasteiger partial charge on any atom is -0.508 e. The SMILES string of the molecule is Oc1ccc(-c2nc3sc4ccccc4n3c2Br)cc1. The average molecular weight is 345 g/mol. The Kier molecular flexibility index (Phi) is 2.58. The van der Waals surface area contributed by atoms with Crippen LogP contribution in [0.5, 0.6) is 5.75 Å². The quantitative estimate of drug-likeness (QED) is 0.544. The molecule has 2 heterocycles. The van der Waals surface area contributed by atoms with Crippen LogP contribution in [0.15, 0.2) is 53.1 Å². The van der Waals surface area contributed by atoms with E-state index in [-0.39, 0.29) is 5.75 Å². The van der Waals surface area contributed by atoms with E-state index >= 15 is 0 Å². The van der Waals surface area contributed by atoms with Crippen LogP contribution in [-0.4, -0.2) is 14.5 Å². The van der Waals surface area contributed by atoms with Crippen LogP contribution in [0.2, 0.25) is 0 Å². The van der Waals surface area contributed by atoms with Gasteiger partial charge in [-0.25, -0.2) is 4.98 Å². The molecule has 0 atom stereocenters. The Labute approximate surface area is 127 Å². The second-order valence-corrected chi connectivity index (χ2v) is 6.25. The van der Waals surface area contributed by atoms with Crippen molar-refractivity contribution in [3.05, 3.63) is 53.1 Å². The molecular weight excluding hydrogens is 336 g/mol. The first-order chi connectivity index (χ1) is 9.74. The van der Waals surface area contributed by atoms with E-state index in [9.17, 15) is 5.11 Å². The number of imidazole rings is 1. The summed E-state index contributed by atoms with van der Waals surface area (Å²) in [6.45, 7) is 0. The van der Waals surface area contributed by atoms with E-state index in [2.05, 4.69) is 32.5 Å². The number of nitrogens with zero attached hydrogens (tertiary/aromatic N) is 2. The maximum Gasteiger partial charge on any atom is 0.196 e. The Morgan fingerprint density at radius 1 is 1.05 bits per heavy atom. The summed E-state index contributed by atoms with van der Waals surface area (Å²) in [6, 6.07) is 15.3. The molecule has 0 spiro atoms. The van der Waals surface area contributed by atoms with Crippen LogP contribution in [-0.2, 0) is 0 Å². The van der Waals surface area contributed by atoms with Crippen LogP contribution in [0, 0.1) is 0 Å². The minimum atomic E-state index is 0.261. The molecule has 2 aromatic carbocycles. The van der Waals surface area contributed by atoms with E-state index in [4.69, 9.17) is 4.98 Å². The molecule has 0 saturated carbocycles. The van der Waals surface area contributed by atoms with E-state index in [1.54, 1.807) is 23.5 Å². The molecule has 0 fully saturated rings. The lowest BCUT2D eigenvalue weighted by Crippen LogP contribution is -1.82. The van der Waals surface area contributed by atoms with Gasteiger partial charge in [0.25, 0.3) is 0 Å². The minimum absolute atomic E-state index is 0.261. The van der Waals surface area contributed by atoms with Crippen molar-refractivity contribution in [1.29, 1.82) is 0 Å². The van der Waals surface area contributed by atoms with Gasteiger partial charge in [-0.05, 0) is 52.3 Å². The molecule has 20 heavy (non-hydrogen) atoms. The molecule has 98 valence electrons. The highest BCUT2D eigenvalue weighted by Gasteiger charge is 2.15.